The van der Waals surface area contributed by atoms with Crippen molar-refractivity contribution < 1.29 is 33.3 Å². The lowest BCUT2D eigenvalue weighted by molar-refractivity contribution is -0.134. The molecule has 5 aromatic carbocycles. The molecule has 0 aliphatic heterocycles. The fourth-order valence-electron chi connectivity index (χ4n) is 5.64. The highest BCUT2D eigenvalue weighted by molar-refractivity contribution is 5.90. The predicted octanol–water partition coefficient (Wildman–Crippen LogP) is 7.86. The van der Waals surface area contributed by atoms with Gasteiger partial charge in [-0.15, -0.1) is 0 Å². The van der Waals surface area contributed by atoms with Crippen molar-refractivity contribution in [1.82, 2.24) is 0 Å². The molecular formula is C39H34O7. The van der Waals surface area contributed by atoms with Crippen LogP contribution in [0.3, 0.4) is 0 Å². The summed E-state index contributed by atoms with van der Waals surface area (Å²) in [5.41, 5.74) is 8.08. The number of hydrogen-bond acceptors (Lipinski definition) is 7. The minimum absolute atomic E-state index is 0.227. The summed E-state index contributed by atoms with van der Waals surface area (Å²) in [5.74, 6) is 0.324. The number of carbonyl (C=O) groups excluding carboxylic acids is 3. The Morgan fingerprint density at radius 1 is 0.674 bits per heavy atom. The van der Waals surface area contributed by atoms with E-state index in [9.17, 15) is 14.4 Å². The molecule has 0 saturated heterocycles. The third kappa shape index (κ3) is 7.00. The summed E-state index contributed by atoms with van der Waals surface area (Å²) in [7, 11) is 1.37. The second kappa shape index (κ2) is 14.9. The standard InChI is InChI=1S/C39H34O7/c1-26-21-31(39(42)43-3)18-20-32(26)33-15-10-16-36(27(33)2)44-23-28-17-19-34(37(45-24-40)29-11-6-4-7-12-29)35(22-28)38(46-25-41)30-13-8-5-9-14-30/h4-22,24-25,37-38H,23H2,1-3H3. The number of benzene rings is 5. The molecule has 0 radical (unpaired) electrons. The molecule has 46 heavy (non-hydrogen) atoms. The van der Waals surface area contributed by atoms with E-state index in [1.165, 1.54) is 7.11 Å². The summed E-state index contributed by atoms with van der Waals surface area (Å²) >= 11 is 0. The summed E-state index contributed by atoms with van der Waals surface area (Å²) in [6.07, 6.45) is -1.48. The molecule has 0 bridgehead atoms. The summed E-state index contributed by atoms with van der Waals surface area (Å²) < 4.78 is 22.5. The second-order valence-corrected chi connectivity index (χ2v) is 10.7. The van der Waals surface area contributed by atoms with Crippen LogP contribution in [0.1, 0.15) is 61.5 Å². The van der Waals surface area contributed by atoms with Gasteiger partial charge in [-0.2, -0.15) is 0 Å². The van der Waals surface area contributed by atoms with Crippen LogP contribution in [0.2, 0.25) is 0 Å². The number of hydrogen-bond donors (Lipinski definition) is 0. The lowest BCUT2D eigenvalue weighted by atomic mass is 9.89. The van der Waals surface area contributed by atoms with Crippen molar-refractivity contribution in [1.29, 1.82) is 0 Å². The molecule has 0 aliphatic carbocycles. The normalized spacial score (nSPS) is 12.0. The first kappa shape index (κ1) is 31.7. The fourth-order valence-corrected chi connectivity index (χ4v) is 5.64. The highest BCUT2D eigenvalue weighted by Gasteiger charge is 2.26. The molecule has 0 amide bonds. The number of ether oxygens (including phenoxy) is 4. The first-order valence-electron chi connectivity index (χ1n) is 14.8. The molecule has 2 atom stereocenters. The van der Waals surface area contributed by atoms with Crippen LogP contribution in [-0.4, -0.2) is 26.0 Å². The SMILES string of the molecule is COC(=O)c1ccc(-c2cccc(OCc3ccc(C(OC=O)c4ccccc4)c(C(OC=O)c4ccccc4)c3)c2C)c(C)c1. The van der Waals surface area contributed by atoms with Crippen LogP contribution in [0.4, 0.5) is 0 Å². The smallest absolute Gasteiger partial charge is 0.337 e. The van der Waals surface area contributed by atoms with E-state index < -0.39 is 12.2 Å². The third-order valence-corrected chi connectivity index (χ3v) is 7.92. The first-order valence-corrected chi connectivity index (χ1v) is 14.8. The van der Waals surface area contributed by atoms with Crippen molar-refractivity contribution >= 4 is 18.9 Å². The zero-order valence-corrected chi connectivity index (χ0v) is 25.8. The average Bonchev–Trinajstić information content (AvgIpc) is 3.09. The van der Waals surface area contributed by atoms with Crippen LogP contribution in [0.15, 0.2) is 115 Å². The van der Waals surface area contributed by atoms with Crippen LogP contribution < -0.4 is 4.74 Å². The van der Waals surface area contributed by atoms with E-state index in [1.807, 2.05) is 123 Å². The number of aryl methyl sites for hydroxylation is 1. The molecule has 0 aliphatic rings. The number of esters is 1. The molecular weight excluding hydrogens is 580 g/mol. The van der Waals surface area contributed by atoms with Crippen molar-refractivity contribution in [3.05, 3.63) is 160 Å². The van der Waals surface area contributed by atoms with Gasteiger partial charge in [-0.1, -0.05) is 91.0 Å². The average molecular weight is 615 g/mol. The van der Waals surface area contributed by atoms with Gasteiger partial charge in [0, 0.05) is 11.1 Å². The minimum atomic E-state index is -0.754. The maximum atomic E-state index is 12.0. The number of rotatable bonds is 13. The molecule has 7 heteroatoms. The van der Waals surface area contributed by atoms with Gasteiger partial charge in [0.2, 0.25) is 0 Å². The summed E-state index contributed by atoms with van der Waals surface area (Å²) in [6.45, 7) is 5.04. The fraction of sp³-hybridized carbons (Fsp3) is 0.154. The molecule has 0 spiro atoms. The lowest BCUT2D eigenvalue weighted by Crippen LogP contribution is -2.14. The molecule has 5 rings (SSSR count). The Labute approximate surface area is 268 Å². The van der Waals surface area contributed by atoms with E-state index in [0.29, 0.717) is 35.4 Å². The topological polar surface area (TPSA) is 88.1 Å². The van der Waals surface area contributed by atoms with Gasteiger partial charge in [-0.25, -0.2) is 4.79 Å². The predicted molar refractivity (Wildman–Crippen MR) is 174 cm³/mol. The molecule has 0 heterocycles. The first-order chi connectivity index (χ1) is 22.4. The van der Waals surface area contributed by atoms with Crippen LogP contribution >= 0.6 is 0 Å². The molecule has 0 N–H and O–H groups in total. The summed E-state index contributed by atoms with van der Waals surface area (Å²) in [5, 5.41) is 0. The van der Waals surface area contributed by atoms with Gasteiger partial charge in [0.15, 0.2) is 12.2 Å². The number of carbonyl (C=O) groups is 3. The van der Waals surface area contributed by atoms with Crippen molar-refractivity contribution in [2.75, 3.05) is 7.11 Å². The van der Waals surface area contributed by atoms with Gasteiger partial charge < -0.3 is 18.9 Å². The molecule has 2 unspecified atom stereocenters. The number of methoxy groups -OCH3 is 1. The monoisotopic (exact) mass is 614 g/mol. The van der Waals surface area contributed by atoms with Gasteiger partial charge in [-0.05, 0) is 77.1 Å². The zero-order chi connectivity index (χ0) is 32.5. The molecule has 5 aromatic rings. The van der Waals surface area contributed by atoms with Gasteiger partial charge >= 0.3 is 5.97 Å². The van der Waals surface area contributed by atoms with Gasteiger partial charge in [0.05, 0.1) is 12.7 Å². The maximum Gasteiger partial charge on any atom is 0.337 e. The molecule has 0 aromatic heterocycles. The Hall–Kier alpha value is -5.69. The van der Waals surface area contributed by atoms with E-state index in [4.69, 9.17) is 18.9 Å². The van der Waals surface area contributed by atoms with Crippen molar-refractivity contribution in [2.45, 2.75) is 32.7 Å². The van der Waals surface area contributed by atoms with Crippen LogP contribution in [0, 0.1) is 13.8 Å². The van der Waals surface area contributed by atoms with Crippen molar-refractivity contribution in [2.24, 2.45) is 0 Å². The summed E-state index contributed by atoms with van der Waals surface area (Å²) in [4.78, 5) is 35.4. The zero-order valence-electron chi connectivity index (χ0n) is 25.8. The maximum absolute atomic E-state index is 12.0. The van der Waals surface area contributed by atoms with Gasteiger partial charge in [0.25, 0.3) is 12.9 Å². The van der Waals surface area contributed by atoms with Gasteiger partial charge in [-0.3, -0.25) is 9.59 Å². The van der Waals surface area contributed by atoms with Crippen LogP contribution in [0.25, 0.3) is 11.1 Å². The van der Waals surface area contributed by atoms with Crippen LogP contribution in [-0.2, 0) is 30.4 Å². The second-order valence-electron chi connectivity index (χ2n) is 10.7. The Bertz CT molecular complexity index is 1820. The molecule has 0 saturated carbocycles. The van der Waals surface area contributed by atoms with E-state index in [2.05, 4.69) is 0 Å². The minimum Gasteiger partial charge on any atom is -0.489 e. The van der Waals surface area contributed by atoms with E-state index in [1.54, 1.807) is 6.07 Å². The Kier molecular flexibility index (Phi) is 10.2. The molecule has 7 nitrogen and oxygen atoms in total. The van der Waals surface area contributed by atoms with E-state index in [0.717, 1.165) is 38.9 Å². The highest BCUT2D eigenvalue weighted by Crippen LogP contribution is 2.37. The largest absolute Gasteiger partial charge is 0.489 e. The highest BCUT2D eigenvalue weighted by atomic mass is 16.5. The van der Waals surface area contributed by atoms with Gasteiger partial charge in [0.1, 0.15) is 12.4 Å². The van der Waals surface area contributed by atoms with Crippen LogP contribution in [0.5, 0.6) is 5.75 Å². The molecule has 0 fully saturated rings. The molecule has 232 valence electrons. The lowest BCUT2D eigenvalue weighted by Gasteiger charge is -2.25. The third-order valence-electron chi connectivity index (χ3n) is 7.92. The van der Waals surface area contributed by atoms with Crippen molar-refractivity contribution in [3.8, 4) is 16.9 Å². The quantitative estimate of drug-likeness (QED) is 0.0758. The van der Waals surface area contributed by atoms with Crippen molar-refractivity contribution in [3.63, 3.8) is 0 Å². The summed E-state index contributed by atoms with van der Waals surface area (Å²) in [6, 6.07) is 35.9. The Balaban J connectivity index is 1.51. The Morgan fingerprint density at radius 3 is 1.89 bits per heavy atom. The van der Waals surface area contributed by atoms with E-state index in [-0.39, 0.29) is 12.6 Å². The van der Waals surface area contributed by atoms with E-state index >= 15 is 0 Å². The Morgan fingerprint density at radius 2 is 1.30 bits per heavy atom.